The highest BCUT2D eigenvalue weighted by Gasteiger charge is 3.12. The summed E-state index contributed by atoms with van der Waals surface area (Å²) >= 11 is -1.27. The summed E-state index contributed by atoms with van der Waals surface area (Å²) in [4.78, 5) is 0. The maximum Gasteiger partial charge on any atom is 0.470 e. The SMILES string of the molecule is C/C=C(\C)C(F)(O[Si](C(F)(F)C(F)(F)C(F)(F)C(F)(F)C(F)(F)F)(C(F)(C(F)(F)F)C(F)(F)F)C(F)(C(F)(F)F)C(F)(F)F)C(F)(C(F)(F)F)C(F)(O[Si](C(F)(F)F)(C(F)(F)F)C(C(F)(F)F)(C(F)(F)F)C(F)(F)F)C(F)(F)/C(F)=C(/C(F)=C(\C(F)(F)F)C(F)(F)/C(=C(/F)I)C(F)(F)F)C(F)(F)F. The Hall–Kier alpha value is -4.30. The predicted molar refractivity (Wildman–Crippen MR) is 208 cm³/mol. The molecule has 612 valence electrons. The van der Waals surface area contributed by atoms with Crippen LogP contribution in [0.5, 0.6) is 0 Å². The van der Waals surface area contributed by atoms with Crippen molar-refractivity contribution < 1.29 is 281 Å². The van der Waals surface area contributed by atoms with Crippen LogP contribution in [-0.4, -0.2) is 165 Å². The van der Waals surface area contributed by atoms with Gasteiger partial charge in [0.25, 0.3) is 10.9 Å². The van der Waals surface area contributed by atoms with E-state index in [-0.39, 0.29) is 4.43 Å². The van der Waals surface area contributed by atoms with Crippen LogP contribution in [0.4, 0.5) is 272 Å². The van der Waals surface area contributed by atoms with E-state index in [2.05, 4.69) is 0 Å². The minimum absolute atomic E-state index is 0.186. The lowest BCUT2D eigenvalue weighted by Gasteiger charge is -2.59. The van der Waals surface area contributed by atoms with Crippen molar-refractivity contribution in [1.82, 2.24) is 0 Å². The standard InChI is InChI=1S/C36H7F62IO2Si2/c1-3-4(2)13(44,100-103(23(62,30(79,80)81)31(82,83)84,24(63,32(85,86)87)33(88,89)90)34(91,92)21(59,60)19(55,56)20(57,58)29(76,77)78)17(54,25(64,65)66)22(61,101-102(35(93,94)95,36(96,97)98)18(26(67,68)69,27(70,71)72)28(73,74)75)12(42,43)9(38)5(14(45,46)47)6(37)7(15(48,49)50)11(40,41)8(10(39)99)16(51,52)53/h3H,1-2H3/b4-3+,7-6+,9-5+,10-8+. The highest BCUT2D eigenvalue weighted by atomic mass is 127. The van der Waals surface area contributed by atoms with Gasteiger partial charge in [0.05, 0.1) is 0 Å². The molecule has 0 aromatic heterocycles. The second-order valence-corrected chi connectivity index (χ2v) is 26.9. The molecule has 0 rings (SSSR count). The number of alkyl halides is 59. The Morgan fingerprint density at radius 2 is 0.621 bits per heavy atom. The van der Waals surface area contributed by atoms with Crippen molar-refractivity contribution in [1.29, 1.82) is 0 Å². The fourth-order valence-corrected chi connectivity index (χ4v) is 17.1. The number of hydrogen-bond donors (Lipinski definition) is 0. The third-order valence-electron chi connectivity index (χ3n) is 12.9. The Morgan fingerprint density at radius 1 is 0.330 bits per heavy atom. The van der Waals surface area contributed by atoms with E-state index in [0.29, 0.717) is 4.43 Å². The highest BCUT2D eigenvalue weighted by Crippen LogP contribution is 2.79. The van der Waals surface area contributed by atoms with Crippen molar-refractivity contribution in [2.75, 3.05) is 0 Å². The van der Waals surface area contributed by atoms with Crippen molar-refractivity contribution >= 4 is 39.2 Å². The van der Waals surface area contributed by atoms with Crippen LogP contribution in [0.25, 0.3) is 0 Å². The van der Waals surface area contributed by atoms with Crippen LogP contribution in [0.1, 0.15) is 13.8 Å². The molecule has 0 aromatic carbocycles. The summed E-state index contributed by atoms with van der Waals surface area (Å²) in [6.07, 6.45) is -130. The van der Waals surface area contributed by atoms with Gasteiger partial charge in [-0.3, -0.25) is 0 Å². The maximum atomic E-state index is 18.3. The average Bonchev–Trinajstić information content (AvgIpc) is 0.643. The zero-order valence-electron chi connectivity index (χ0n) is 44.7. The minimum Gasteiger partial charge on any atom is -0.366 e. The first-order valence-corrected chi connectivity index (χ1v) is 27.0. The monoisotopic (exact) mass is 1830 g/mol. The molecule has 3 atom stereocenters. The normalized spacial score (nSPS) is 19.2. The van der Waals surface area contributed by atoms with Crippen LogP contribution in [0.15, 0.2) is 43.9 Å². The summed E-state index contributed by atoms with van der Waals surface area (Å²) in [7, 11) is -31.6. The molecule has 0 aliphatic rings. The van der Waals surface area contributed by atoms with Crippen molar-refractivity contribution in [3.05, 3.63) is 43.9 Å². The van der Waals surface area contributed by atoms with E-state index in [9.17, 15) is 167 Å². The van der Waals surface area contributed by atoms with E-state index in [4.69, 9.17) is 0 Å². The fourth-order valence-electron chi connectivity index (χ4n) is 8.34. The number of rotatable bonds is 19. The van der Waals surface area contributed by atoms with Gasteiger partial charge in [0.15, 0.2) is 15.5 Å². The zero-order valence-corrected chi connectivity index (χ0v) is 48.9. The van der Waals surface area contributed by atoms with Crippen molar-refractivity contribution in [3.8, 4) is 0 Å². The molecule has 103 heavy (non-hydrogen) atoms. The zero-order chi connectivity index (χ0) is 85.2. The third kappa shape index (κ3) is 13.6. The molecule has 0 fully saturated rings. The lowest BCUT2D eigenvalue weighted by Crippen LogP contribution is -2.96. The molecule has 67 heteroatoms. The Labute approximate surface area is 532 Å². The van der Waals surface area contributed by atoms with Gasteiger partial charge in [0.1, 0.15) is 16.7 Å². The molecular weight excluding hydrogens is 1830 g/mol. The summed E-state index contributed by atoms with van der Waals surface area (Å²) in [5, 5.41) is -36.6. The fraction of sp³-hybridized carbons (Fsp3) is 0.778. The molecule has 2 nitrogen and oxygen atoms in total. The van der Waals surface area contributed by atoms with Gasteiger partial charge >= 0.3 is 160 Å². The van der Waals surface area contributed by atoms with Crippen molar-refractivity contribution in [2.45, 2.75) is 168 Å². The highest BCUT2D eigenvalue weighted by molar-refractivity contribution is 14.1. The molecule has 0 aromatic rings. The van der Waals surface area contributed by atoms with Gasteiger partial charge in [-0.25, -0.2) is 39.5 Å². The summed E-state index contributed by atoms with van der Waals surface area (Å²) in [6.45, 7) is -4.73. The molecule has 0 aliphatic carbocycles. The Morgan fingerprint density at radius 3 is 0.825 bits per heavy atom. The summed E-state index contributed by atoms with van der Waals surface area (Å²) in [5.74, 6) is -118. The topological polar surface area (TPSA) is 18.5 Å². The molecule has 0 saturated heterocycles. The van der Waals surface area contributed by atoms with Gasteiger partial charge in [-0.1, -0.05) is 6.08 Å². The lowest BCUT2D eigenvalue weighted by molar-refractivity contribution is -0.436. The quantitative estimate of drug-likeness (QED) is 0.0422. The van der Waals surface area contributed by atoms with Gasteiger partial charge in [-0.15, -0.1) is 0 Å². The van der Waals surface area contributed by atoms with Crippen LogP contribution in [0.3, 0.4) is 0 Å². The Bertz CT molecular complexity index is 3070. The van der Waals surface area contributed by atoms with Crippen molar-refractivity contribution in [3.63, 3.8) is 0 Å². The molecule has 0 amide bonds. The van der Waals surface area contributed by atoms with Crippen molar-refractivity contribution in [2.24, 2.45) is 0 Å². The molecule has 0 saturated carbocycles. The largest absolute Gasteiger partial charge is 0.470 e. The molecule has 3 unspecified atom stereocenters. The van der Waals surface area contributed by atoms with E-state index < -0.39 is 251 Å². The van der Waals surface area contributed by atoms with E-state index in [1.807, 2.05) is 0 Å². The first kappa shape index (κ1) is 98.7. The van der Waals surface area contributed by atoms with Gasteiger partial charge in [-0.05, 0) is 42.0 Å². The van der Waals surface area contributed by atoms with E-state index in [1.54, 1.807) is 0 Å². The second-order valence-electron chi connectivity index (χ2n) is 18.9. The Balaban J connectivity index is 13.6. The number of hydrogen-bond acceptors (Lipinski definition) is 2. The summed E-state index contributed by atoms with van der Waals surface area (Å²) in [6, 6.07) is 0. The lowest BCUT2D eigenvalue weighted by atomic mass is 9.79. The first-order valence-electron chi connectivity index (χ1n) is 22.1. The van der Waals surface area contributed by atoms with Gasteiger partial charge in [-0.2, -0.15) is 233 Å². The molecule has 0 N–H and O–H groups in total. The van der Waals surface area contributed by atoms with E-state index in [1.165, 1.54) is 0 Å². The number of halogens is 63. The molecule has 0 spiro atoms. The molecular formula is C36H7F62IO2Si2. The van der Waals surface area contributed by atoms with Crippen LogP contribution in [0, 0.1) is 0 Å². The maximum absolute atomic E-state index is 18.3. The van der Waals surface area contributed by atoms with Gasteiger partial charge in [0.2, 0.25) is 0 Å². The van der Waals surface area contributed by atoms with Crippen LogP contribution < -0.4 is 0 Å². The summed E-state index contributed by atoms with van der Waals surface area (Å²) in [5.41, 5.74) is -51.7. The minimum atomic E-state index is -16.3. The van der Waals surface area contributed by atoms with Crippen LogP contribution in [0.2, 0.25) is 5.04 Å². The molecule has 0 bridgehead atoms. The molecule has 0 aliphatic heterocycles. The van der Waals surface area contributed by atoms with E-state index in [0.717, 1.165) is 0 Å². The average molecular weight is 1830 g/mol. The molecule has 0 radical (unpaired) electrons. The molecule has 0 heterocycles. The third-order valence-corrected chi connectivity index (χ3v) is 22.4. The van der Waals surface area contributed by atoms with Crippen LogP contribution >= 0.6 is 22.6 Å². The van der Waals surface area contributed by atoms with Gasteiger partial charge in [0, 0.05) is 0 Å². The summed E-state index contributed by atoms with van der Waals surface area (Å²) < 4.78 is 930. The van der Waals surface area contributed by atoms with E-state index >= 15 is 105 Å². The predicted octanol–water partition coefficient (Wildman–Crippen LogP) is 23.5. The van der Waals surface area contributed by atoms with Gasteiger partial charge < -0.3 is 8.85 Å². The smallest absolute Gasteiger partial charge is 0.366 e. The number of allylic oxidation sites excluding steroid dienone is 5. The van der Waals surface area contributed by atoms with Crippen LogP contribution in [-0.2, 0) is 8.85 Å². The second kappa shape index (κ2) is 25.9. The Kier molecular flexibility index (Phi) is 24.9. The first-order chi connectivity index (χ1) is 43.5.